The second-order valence-corrected chi connectivity index (χ2v) is 5.23. The molecule has 0 radical (unpaired) electrons. The summed E-state index contributed by atoms with van der Waals surface area (Å²) < 4.78 is 5.46. The van der Waals surface area contributed by atoms with Crippen molar-refractivity contribution in [3.8, 4) is 11.5 Å². The SMILES string of the molecule is c1cc(-c2nc(C3CCCNC3)no2)c2nccnc2c1. The molecule has 1 saturated heterocycles. The van der Waals surface area contributed by atoms with E-state index < -0.39 is 0 Å². The van der Waals surface area contributed by atoms with Gasteiger partial charge in [0.05, 0.1) is 11.1 Å². The average Bonchev–Trinajstić information content (AvgIpc) is 3.05. The molecule has 0 aliphatic carbocycles. The highest BCUT2D eigenvalue weighted by atomic mass is 16.5. The van der Waals surface area contributed by atoms with Crippen molar-refractivity contribution in [2.24, 2.45) is 0 Å². The van der Waals surface area contributed by atoms with E-state index in [4.69, 9.17) is 4.52 Å². The maximum Gasteiger partial charge on any atom is 0.260 e. The van der Waals surface area contributed by atoms with Gasteiger partial charge in [0.2, 0.25) is 0 Å². The number of aromatic nitrogens is 4. The number of para-hydroxylation sites is 1. The van der Waals surface area contributed by atoms with Gasteiger partial charge in [0.1, 0.15) is 5.52 Å². The number of nitrogens with zero attached hydrogens (tertiary/aromatic N) is 4. The van der Waals surface area contributed by atoms with Gasteiger partial charge in [0.15, 0.2) is 5.82 Å². The highest BCUT2D eigenvalue weighted by Gasteiger charge is 2.22. The smallest absolute Gasteiger partial charge is 0.260 e. The van der Waals surface area contributed by atoms with Crippen LogP contribution in [0.5, 0.6) is 0 Å². The summed E-state index contributed by atoms with van der Waals surface area (Å²) in [6.45, 7) is 1.98. The molecule has 0 saturated carbocycles. The van der Waals surface area contributed by atoms with Crippen LogP contribution in [0.4, 0.5) is 0 Å². The van der Waals surface area contributed by atoms with Crippen molar-refractivity contribution in [2.45, 2.75) is 18.8 Å². The van der Waals surface area contributed by atoms with Crippen molar-refractivity contribution < 1.29 is 4.52 Å². The molecule has 3 aromatic rings. The number of hydrogen-bond donors (Lipinski definition) is 1. The van der Waals surface area contributed by atoms with E-state index in [1.807, 2.05) is 18.2 Å². The Morgan fingerprint density at radius 1 is 1.19 bits per heavy atom. The van der Waals surface area contributed by atoms with Gasteiger partial charge in [0, 0.05) is 24.9 Å². The fourth-order valence-electron chi connectivity index (χ4n) is 2.75. The van der Waals surface area contributed by atoms with Crippen molar-refractivity contribution in [3.05, 3.63) is 36.4 Å². The first-order valence-electron chi connectivity index (χ1n) is 7.16. The third-order valence-corrected chi connectivity index (χ3v) is 3.83. The van der Waals surface area contributed by atoms with E-state index in [-0.39, 0.29) is 0 Å². The lowest BCUT2D eigenvalue weighted by Crippen LogP contribution is -2.28. The predicted molar refractivity (Wildman–Crippen MR) is 77.7 cm³/mol. The Balaban J connectivity index is 1.74. The summed E-state index contributed by atoms with van der Waals surface area (Å²) in [5.74, 6) is 1.62. The van der Waals surface area contributed by atoms with E-state index in [0.717, 1.165) is 48.4 Å². The number of hydrogen-bond acceptors (Lipinski definition) is 6. The Hall–Kier alpha value is -2.34. The largest absolute Gasteiger partial charge is 0.334 e. The molecule has 2 aromatic heterocycles. The van der Waals surface area contributed by atoms with Gasteiger partial charge < -0.3 is 9.84 Å². The molecule has 0 amide bonds. The monoisotopic (exact) mass is 281 g/mol. The second kappa shape index (κ2) is 5.21. The topological polar surface area (TPSA) is 76.7 Å². The molecule has 1 aromatic carbocycles. The van der Waals surface area contributed by atoms with Crippen LogP contribution >= 0.6 is 0 Å². The molecule has 3 heterocycles. The van der Waals surface area contributed by atoms with Crippen LogP contribution in [0.3, 0.4) is 0 Å². The molecule has 1 atom stereocenters. The van der Waals surface area contributed by atoms with Gasteiger partial charge in [-0.1, -0.05) is 11.2 Å². The minimum atomic E-state index is 0.331. The Bertz CT molecular complexity index is 758. The molecule has 1 aliphatic rings. The van der Waals surface area contributed by atoms with Crippen molar-refractivity contribution >= 4 is 11.0 Å². The zero-order valence-corrected chi connectivity index (χ0v) is 11.5. The van der Waals surface area contributed by atoms with Crippen LogP contribution in [0.1, 0.15) is 24.6 Å². The first-order valence-corrected chi connectivity index (χ1v) is 7.16. The predicted octanol–water partition coefficient (Wildman–Crippen LogP) is 2.15. The lowest BCUT2D eigenvalue weighted by atomic mass is 9.99. The van der Waals surface area contributed by atoms with E-state index in [1.165, 1.54) is 0 Å². The van der Waals surface area contributed by atoms with E-state index in [2.05, 4.69) is 25.4 Å². The summed E-state index contributed by atoms with van der Waals surface area (Å²) in [4.78, 5) is 13.2. The number of nitrogens with one attached hydrogen (secondary N) is 1. The van der Waals surface area contributed by atoms with Crippen molar-refractivity contribution in [3.63, 3.8) is 0 Å². The highest BCUT2D eigenvalue weighted by molar-refractivity contribution is 5.88. The van der Waals surface area contributed by atoms with Gasteiger partial charge in [-0.3, -0.25) is 9.97 Å². The fourth-order valence-corrected chi connectivity index (χ4v) is 2.75. The van der Waals surface area contributed by atoms with Gasteiger partial charge in [-0.05, 0) is 31.5 Å². The van der Waals surface area contributed by atoms with E-state index in [0.29, 0.717) is 11.8 Å². The minimum absolute atomic E-state index is 0.331. The van der Waals surface area contributed by atoms with Crippen LogP contribution in [0.25, 0.3) is 22.5 Å². The highest BCUT2D eigenvalue weighted by Crippen LogP contribution is 2.27. The van der Waals surface area contributed by atoms with Crippen LogP contribution in [-0.2, 0) is 0 Å². The molecular weight excluding hydrogens is 266 g/mol. The fraction of sp³-hybridized carbons (Fsp3) is 0.333. The van der Waals surface area contributed by atoms with E-state index >= 15 is 0 Å². The van der Waals surface area contributed by atoms with Crippen LogP contribution in [0.15, 0.2) is 35.1 Å². The molecule has 21 heavy (non-hydrogen) atoms. The second-order valence-electron chi connectivity index (χ2n) is 5.23. The summed E-state index contributed by atoms with van der Waals surface area (Å²) >= 11 is 0. The third kappa shape index (κ3) is 2.27. The maximum atomic E-state index is 5.46. The van der Waals surface area contributed by atoms with E-state index in [9.17, 15) is 0 Å². The number of benzene rings is 1. The summed E-state index contributed by atoms with van der Waals surface area (Å²) in [5, 5.41) is 7.52. The first kappa shape index (κ1) is 12.4. The van der Waals surface area contributed by atoms with Gasteiger partial charge in [-0.15, -0.1) is 0 Å². The Morgan fingerprint density at radius 2 is 2.14 bits per heavy atom. The minimum Gasteiger partial charge on any atom is -0.334 e. The third-order valence-electron chi connectivity index (χ3n) is 3.83. The first-order chi connectivity index (χ1) is 10.4. The molecule has 6 heteroatoms. The van der Waals surface area contributed by atoms with Crippen LogP contribution in [0.2, 0.25) is 0 Å². The Kier molecular flexibility index (Phi) is 3.08. The summed E-state index contributed by atoms with van der Waals surface area (Å²) in [5.41, 5.74) is 2.45. The molecule has 1 fully saturated rings. The molecule has 0 spiro atoms. The van der Waals surface area contributed by atoms with Crippen LogP contribution in [0, 0.1) is 0 Å². The lowest BCUT2D eigenvalue weighted by Gasteiger charge is -2.19. The van der Waals surface area contributed by atoms with Crippen molar-refractivity contribution in [1.29, 1.82) is 0 Å². The zero-order chi connectivity index (χ0) is 14.1. The Morgan fingerprint density at radius 3 is 3.05 bits per heavy atom. The lowest BCUT2D eigenvalue weighted by molar-refractivity contribution is 0.393. The van der Waals surface area contributed by atoms with Crippen LogP contribution < -0.4 is 5.32 Å². The van der Waals surface area contributed by atoms with Crippen molar-refractivity contribution in [2.75, 3.05) is 13.1 Å². The van der Waals surface area contributed by atoms with Crippen molar-refractivity contribution in [1.82, 2.24) is 25.4 Å². The molecule has 4 rings (SSSR count). The standard InChI is InChI=1S/C15H15N5O/c1-4-11(13-12(5-1)17-7-8-18-13)15-19-14(20-21-15)10-3-2-6-16-9-10/h1,4-5,7-8,10,16H,2-3,6,9H2. The molecule has 1 N–H and O–H groups in total. The molecule has 1 aliphatic heterocycles. The Labute approximate surface area is 121 Å². The summed E-state index contributed by atoms with van der Waals surface area (Å²) in [6.07, 6.45) is 5.60. The normalized spacial score (nSPS) is 19.0. The molecule has 1 unspecified atom stereocenters. The zero-order valence-electron chi connectivity index (χ0n) is 11.5. The maximum absolute atomic E-state index is 5.46. The van der Waals surface area contributed by atoms with Gasteiger partial charge in [0.25, 0.3) is 5.89 Å². The number of fused-ring (bicyclic) bond motifs is 1. The quantitative estimate of drug-likeness (QED) is 0.775. The molecule has 0 bridgehead atoms. The summed E-state index contributed by atoms with van der Waals surface area (Å²) in [6, 6.07) is 5.79. The van der Waals surface area contributed by atoms with E-state index in [1.54, 1.807) is 12.4 Å². The summed E-state index contributed by atoms with van der Waals surface area (Å²) in [7, 11) is 0. The molecular formula is C15H15N5O. The van der Waals surface area contributed by atoms with Gasteiger partial charge in [-0.25, -0.2) is 0 Å². The van der Waals surface area contributed by atoms with Gasteiger partial charge >= 0.3 is 0 Å². The van der Waals surface area contributed by atoms with Crippen LogP contribution in [-0.4, -0.2) is 33.2 Å². The molecule has 6 nitrogen and oxygen atoms in total. The molecule has 106 valence electrons. The van der Waals surface area contributed by atoms with Gasteiger partial charge in [-0.2, -0.15) is 4.98 Å². The number of piperidine rings is 1. The number of rotatable bonds is 2. The average molecular weight is 281 g/mol.